The van der Waals surface area contributed by atoms with Crippen molar-refractivity contribution in [2.45, 2.75) is 25.5 Å². The molecular formula is C12H17N3O2S. The minimum absolute atomic E-state index is 0.0186. The number of nitrogens with one attached hydrogen (secondary N) is 2. The Bertz CT molecular complexity index is 415. The maximum absolute atomic E-state index is 11.6. The average Bonchev–Trinajstić information content (AvgIpc) is 2.33. The number of nitrogens with zero attached hydrogens (tertiary/aromatic N) is 1. The molecular weight excluding hydrogens is 250 g/mol. The molecule has 1 aromatic rings. The van der Waals surface area contributed by atoms with Gasteiger partial charge in [0.05, 0.1) is 11.3 Å². The first-order chi connectivity index (χ1) is 8.38. The van der Waals surface area contributed by atoms with Crippen LogP contribution in [-0.2, 0) is 4.79 Å². The third-order valence-electron chi connectivity index (χ3n) is 1.88. The molecule has 0 aliphatic carbocycles. The topological polar surface area (TPSA) is 71.1 Å². The molecule has 0 unspecified atom stereocenters. The van der Waals surface area contributed by atoms with Crippen LogP contribution in [0.3, 0.4) is 0 Å². The second-order valence-electron chi connectivity index (χ2n) is 4.65. The Morgan fingerprint density at radius 1 is 1.33 bits per heavy atom. The Labute approximate surface area is 111 Å². The second-order valence-corrected chi connectivity index (χ2v) is 6.45. The van der Waals surface area contributed by atoms with Crippen molar-refractivity contribution in [1.29, 1.82) is 0 Å². The monoisotopic (exact) mass is 267 g/mol. The molecule has 0 spiro atoms. The second kappa shape index (κ2) is 6.39. The van der Waals surface area contributed by atoms with E-state index < -0.39 is 0 Å². The fourth-order valence-electron chi connectivity index (χ4n) is 1.01. The molecule has 0 aliphatic heterocycles. The van der Waals surface area contributed by atoms with Gasteiger partial charge < -0.3 is 0 Å². The molecule has 0 saturated heterocycles. The summed E-state index contributed by atoms with van der Waals surface area (Å²) < 4.78 is 0.0186. The standard InChI is InChI=1S/C12H17N3O2S/c1-12(2,3)18-8-10(16)14-15-11(17)9-5-4-6-13-7-9/h4-7H,8H2,1-3H3,(H,14,16)(H,15,17). The van der Waals surface area contributed by atoms with Crippen LogP contribution < -0.4 is 10.9 Å². The number of hydrogen-bond donors (Lipinski definition) is 2. The van der Waals surface area contributed by atoms with Crippen LogP contribution in [0.1, 0.15) is 31.1 Å². The summed E-state index contributed by atoms with van der Waals surface area (Å²) in [6.07, 6.45) is 3.01. The Kier molecular flexibility index (Phi) is 5.15. The smallest absolute Gasteiger partial charge is 0.271 e. The number of pyridine rings is 1. The van der Waals surface area contributed by atoms with Crippen molar-refractivity contribution in [2.75, 3.05) is 5.75 Å². The lowest BCUT2D eigenvalue weighted by molar-refractivity contribution is -0.119. The maximum atomic E-state index is 11.6. The average molecular weight is 267 g/mol. The van der Waals surface area contributed by atoms with Gasteiger partial charge in [-0.25, -0.2) is 0 Å². The number of hydrazine groups is 1. The molecule has 0 bridgehead atoms. The molecule has 1 aromatic heterocycles. The first-order valence-corrected chi connectivity index (χ1v) is 6.50. The van der Waals surface area contributed by atoms with Crippen LogP contribution in [0.2, 0.25) is 0 Å². The van der Waals surface area contributed by atoms with Gasteiger partial charge >= 0.3 is 0 Å². The van der Waals surface area contributed by atoms with Gasteiger partial charge in [0.1, 0.15) is 0 Å². The van der Waals surface area contributed by atoms with Gasteiger partial charge in [-0.15, -0.1) is 11.8 Å². The SMILES string of the molecule is CC(C)(C)SCC(=O)NNC(=O)c1cccnc1. The van der Waals surface area contributed by atoms with Gasteiger partial charge in [-0.1, -0.05) is 20.8 Å². The van der Waals surface area contributed by atoms with E-state index in [0.717, 1.165) is 0 Å². The maximum Gasteiger partial charge on any atom is 0.271 e. The molecule has 2 N–H and O–H groups in total. The van der Waals surface area contributed by atoms with E-state index in [4.69, 9.17) is 0 Å². The van der Waals surface area contributed by atoms with E-state index in [0.29, 0.717) is 11.3 Å². The molecule has 2 amide bonds. The van der Waals surface area contributed by atoms with Crippen LogP contribution in [-0.4, -0.2) is 27.3 Å². The highest BCUT2D eigenvalue weighted by atomic mass is 32.2. The molecule has 0 saturated carbocycles. The zero-order valence-corrected chi connectivity index (χ0v) is 11.5. The highest BCUT2D eigenvalue weighted by Gasteiger charge is 2.13. The fourth-order valence-corrected chi connectivity index (χ4v) is 1.65. The van der Waals surface area contributed by atoms with Gasteiger partial charge in [-0.2, -0.15) is 0 Å². The van der Waals surface area contributed by atoms with Crippen molar-refractivity contribution in [3.63, 3.8) is 0 Å². The van der Waals surface area contributed by atoms with Gasteiger partial charge in [0.15, 0.2) is 0 Å². The van der Waals surface area contributed by atoms with Crippen molar-refractivity contribution >= 4 is 23.6 Å². The molecule has 98 valence electrons. The molecule has 18 heavy (non-hydrogen) atoms. The third kappa shape index (κ3) is 5.67. The van der Waals surface area contributed by atoms with Crippen molar-refractivity contribution in [3.8, 4) is 0 Å². The first-order valence-electron chi connectivity index (χ1n) is 5.52. The summed E-state index contributed by atoms with van der Waals surface area (Å²) in [5.74, 6) is -0.305. The molecule has 5 nitrogen and oxygen atoms in total. The highest BCUT2D eigenvalue weighted by molar-refractivity contribution is 8.01. The molecule has 0 aromatic carbocycles. The predicted octanol–water partition coefficient (Wildman–Crippen LogP) is 1.37. The van der Waals surface area contributed by atoms with Crippen molar-refractivity contribution < 1.29 is 9.59 Å². The Hall–Kier alpha value is -1.56. The van der Waals surface area contributed by atoms with Gasteiger partial charge in [-0.3, -0.25) is 25.4 Å². The van der Waals surface area contributed by atoms with Crippen molar-refractivity contribution in [3.05, 3.63) is 30.1 Å². The molecule has 0 atom stereocenters. The molecule has 0 aliphatic rings. The van der Waals surface area contributed by atoms with Crippen LogP contribution in [0.5, 0.6) is 0 Å². The van der Waals surface area contributed by atoms with Crippen LogP contribution in [0.15, 0.2) is 24.5 Å². The van der Waals surface area contributed by atoms with E-state index in [-0.39, 0.29) is 16.6 Å². The minimum atomic E-state index is -0.378. The van der Waals surface area contributed by atoms with Gasteiger partial charge in [0.2, 0.25) is 5.91 Å². The van der Waals surface area contributed by atoms with E-state index in [2.05, 4.69) is 15.8 Å². The van der Waals surface area contributed by atoms with E-state index in [1.807, 2.05) is 20.8 Å². The van der Waals surface area contributed by atoms with Gasteiger partial charge in [0.25, 0.3) is 5.91 Å². The lowest BCUT2D eigenvalue weighted by Gasteiger charge is -2.17. The lowest BCUT2D eigenvalue weighted by Crippen LogP contribution is -2.42. The Morgan fingerprint density at radius 3 is 2.61 bits per heavy atom. The summed E-state index contributed by atoms with van der Waals surface area (Å²) in [6, 6.07) is 3.28. The number of hydrogen-bond acceptors (Lipinski definition) is 4. The molecule has 0 radical (unpaired) electrons. The number of rotatable bonds is 3. The van der Waals surface area contributed by atoms with Crippen LogP contribution in [0.4, 0.5) is 0 Å². The highest BCUT2D eigenvalue weighted by Crippen LogP contribution is 2.22. The first kappa shape index (κ1) is 14.5. The normalized spacial score (nSPS) is 10.8. The van der Waals surface area contributed by atoms with Crippen molar-refractivity contribution in [2.24, 2.45) is 0 Å². The number of aromatic nitrogens is 1. The summed E-state index contributed by atoms with van der Waals surface area (Å²) in [5.41, 5.74) is 5.11. The molecule has 1 heterocycles. The summed E-state index contributed by atoms with van der Waals surface area (Å²) in [4.78, 5) is 26.9. The zero-order valence-electron chi connectivity index (χ0n) is 10.7. The van der Waals surface area contributed by atoms with Crippen molar-refractivity contribution in [1.82, 2.24) is 15.8 Å². The summed E-state index contributed by atoms with van der Waals surface area (Å²) in [5, 5.41) is 0. The molecule has 1 rings (SSSR count). The van der Waals surface area contributed by atoms with Crippen LogP contribution in [0, 0.1) is 0 Å². The summed E-state index contributed by atoms with van der Waals surface area (Å²) in [7, 11) is 0. The minimum Gasteiger partial charge on any atom is -0.272 e. The van der Waals surface area contributed by atoms with E-state index in [1.165, 1.54) is 18.0 Å². The van der Waals surface area contributed by atoms with E-state index >= 15 is 0 Å². The fraction of sp³-hybridized carbons (Fsp3) is 0.417. The summed E-state index contributed by atoms with van der Waals surface area (Å²) >= 11 is 1.51. The zero-order chi connectivity index (χ0) is 13.6. The lowest BCUT2D eigenvalue weighted by atomic mass is 10.3. The van der Waals surface area contributed by atoms with Crippen LogP contribution in [0.25, 0.3) is 0 Å². The molecule has 6 heteroatoms. The number of thioether (sulfide) groups is 1. The number of carbonyl (C=O) groups excluding carboxylic acids is 2. The predicted molar refractivity (Wildman–Crippen MR) is 72.1 cm³/mol. The largest absolute Gasteiger partial charge is 0.272 e. The van der Waals surface area contributed by atoms with Crippen LogP contribution >= 0.6 is 11.8 Å². The quantitative estimate of drug-likeness (QED) is 0.812. The Morgan fingerprint density at radius 2 is 2.06 bits per heavy atom. The summed E-state index contributed by atoms with van der Waals surface area (Å²) in [6.45, 7) is 6.08. The number of carbonyl (C=O) groups is 2. The van der Waals surface area contributed by atoms with Gasteiger partial charge in [-0.05, 0) is 12.1 Å². The van der Waals surface area contributed by atoms with E-state index in [1.54, 1.807) is 18.3 Å². The number of amides is 2. The third-order valence-corrected chi connectivity index (χ3v) is 3.15. The van der Waals surface area contributed by atoms with Gasteiger partial charge in [0, 0.05) is 17.1 Å². The molecule has 0 fully saturated rings. The Balaban J connectivity index is 2.33. The van der Waals surface area contributed by atoms with E-state index in [9.17, 15) is 9.59 Å².